The lowest BCUT2D eigenvalue weighted by molar-refractivity contribution is -0.144. The van der Waals surface area contributed by atoms with Gasteiger partial charge in [0.25, 0.3) is 0 Å². The number of aliphatic hydroxyl groups is 1. The largest absolute Gasteiger partial charge is 0.465 e. The normalized spacial score (nSPS) is 12.4. The molecule has 100 valence electrons. The number of hydrogen-bond acceptors (Lipinski definition) is 4. The van der Waals surface area contributed by atoms with Crippen LogP contribution in [0.5, 0.6) is 0 Å². The maximum atomic E-state index is 11.5. The second-order valence-electron chi connectivity index (χ2n) is 4.16. The average molecular weight is 251 g/mol. The van der Waals surface area contributed by atoms with E-state index in [1.165, 1.54) is 0 Å². The number of rotatable bonds is 7. The molecule has 0 saturated heterocycles. The first kappa shape index (κ1) is 14.7. The number of likely N-dealkylation sites (N-methyl/N-ethyl adjacent to an activating group) is 1. The van der Waals surface area contributed by atoms with Gasteiger partial charge < -0.3 is 9.84 Å². The van der Waals surface area contributed by atoms with E-state index in [0.717, 1.165) is 5.56 Å². The number of ether oxygens (including phenoxy) is 1. The van der Waals surface area contributed by atoms with Gasteiger partial charge in [0, 0.05) is 12.6 Å². The third-order valence-electron chi connectivity index (χ3n) is 2.80. The van der Waals surface area contributed by atoms with Crippen LogP contribution in [0.3, 0.4) is 0 Å². The van der Waals surface area contributed by atoms with E-state index in [1.54, 1.807) is 6.92 Å². The molecule has 0 saturated carbocycles. The molecule has 1 aromatic rings. The lowest BCUT2D eigenvalue weighted by Crippen LogP contribution is -2.31. The highest BCUT2D eigenvalue weighted by atomic mass is 16.5. The average Bonchev–Trinajstić information content (AvgIpc) is 2.37. The van der Waals surface area contributed by atoms with E-state index in [-0.39, 0.29) is 25.2 Å². The smallest absolute Gasteiger partial charge is 0.320 e. The van der Waals surface area contributed by atoms with Gasteiger partial charge >= 0.3 is 5.97 Å². The molecule has 18 heavy (non-hydrogen) atoms. The van der Waals surface area contributed by atoms with Crippen molar-refractivity contribution in [2.45, 2.75) is 19.4 Å². The van der Waals surface area contributed by atoms with Gasteiger partial charge in [-0.2, -0.15) is 0 Å². The van der Waals surface area contributed by atoms with Crippen LogP contribution in [0.1, 0.15) is 24.9 Å². The third kappa shape index (κ3) is 4.47. The summed E-state index contributed by atoms with van der Waals surface area (Å²) in [6.07, 6.45) is 0.597. The quantitative estimate of drug-likeness (QED) is 0.748. The highest BCUT2D eigenvalue weighted by molar-refractivity contribution is 5.71. The molecule has 0 aliphatic rings. The zero-order valence-corrected chi connectivity index (χ0v) is 11.0. The van der Waals surface area contributed by atoms with Crippen molar-refractivity contribution in [2.24, 2.45) is 0 Å². The molecule has 0 aliphatic carbocycles. The number of hydrogen-bond donors (Lipinski definition) is 1. The maximum Gasteiger partial charge on any atom is 0.320 e. The van der Waals surface area contributed by atoms with Crippen molar-refractivity contribution in [3.63, 3.8) is 0 Å². The van der Waals surface area contributed by atoms with Crippen LogP contribution in [0, 0.1) is 0 Å². The van der Waals surface area contributed by atoms with Crippen LogP contribution in [0.25, 0.3) is 0 Å². The summed E-state index contributed by atoms with van der Waals surface area (Å²) in [4.78, 5) is 13.4. The Bertz CT molecular complexity index is 353. The van der Waals surface area contributed by atoms with Crippen molar-refractivity contribution < 1.29 is 14.6 Å². The minimum atomic E-state index is -0.237. The Kier molecular flexibility index (Phi) is 6.39. The van der Waals surface area contributed by atoms with Crippen molar-refractivity contribution in [3.8, 4) is 0 Å². The highest BCUT2D eigenvalue weighted by Gasteiger charge is 2.19. The van der Waals surface area contributed by atoms with Crippen LogP contribution in [-0.4, -0.2) is 42.8 Å². The first-order valence-corrected chi connectivity index (χ1v) is 6.20. The van der Waals surface area contributed by atoms with E-state index < -0.39 is 0 Å². The van der Waals surface area contributed by atoms with E-state index in [1.807, 2.05) is 42.3 Å². The number of carbonyl (C=O) groups excluding carboxylic acids is 1. The molecular formula is C14H21NO3. The molecule has 1 rings (SSSR count). The van der Waals surface area contributed by atoms with E-state index in [9.17, 15) is 4.79 Å². The fourth-order valence-electron chi connectivity index (χ4n) is 1.96. The molecule has 0 aromatic heterocycles. The topological polar surface area (TPSA) is 49.8 Å². The van der Waals surface area contributed by atoms with Crippen molar-refractivity contribution in [1.29, 1.82) is 0 Å². The standard InChI is InChI=1S/C14H21NO3/c1-3-18-14(17)11-15(2)13(9-10-16)12-7-5-4-6-8-12/h4-8,13,16H,3,9-11H2,1-2H3. The number of aliphatic hydroxyl groups excluding tert-OH is 1. The van der Waals surface area contributed by atoms with Gasteiger partial charge in [-0.05, 0) is 26.0 Å². The summed E-state index contributed by atoms with van der Waals surface area (Å²) in [5, 5.41) is 9.14. The Morgan fingerprint density at radius 3 is 2.61 bits per heavy atom. The Hall–Kier alpha value is -1.39. The number of benzene rings is 1. The summed E-state index contributed by atoms with van der Waals surface area (Å²) >= 11 is 0. The molecule has 0 spiro atoms. The van der Waals surface area contributed by atoms with Gasteiger partial charge in [-0.25, -0.2) is 0 Å². The SMILES string of the molecule is CCOC(=O)CN(C)C(CCO)c1ccccc1. The van der Waals surface area contributed by atoms with Crippen LogP contribution < -0.4 is 0 Å². The molecule has 4 heteroatoms. The Morgan fingerprint density at radius 2 is 2.06 bits per heavy atom. The van der Waals surface area contributed by atoms with Gasteiger partial charge in [0.05, 0.1) is 13.2 Å². The molecule has 1 aromatic carbocycles. The summed E-state index contributed by atoms with van der Waals surface area (Å²) in [6, 6.07) is 9.89. The molecule has 0 radical (unpaired) electrons. The summed E-state index contributed by atoms with van der Waals surface area (Å²) in [7, 11) is 1.87. The molecule has 0 bridgehead atoms. The first-order valence-electron chi connectivity index (χ1n) is 6.20. The van der Waals surface area contributed by atoms with E-state index in [4.69, 9.17) is 9.84 Å². The monoisotopic (exact) mass is 251 g/mol. The number of nitrogens with zero attached hydrogens (tertiary/aromatic N) is 1. The van der Waals surface area contributed by atoms with Gasteiger partial charge in [-0.15, -0.1) is 0 Å². The van der Waals surface area contributed by atoms with Crippen LogP contribution in [0.4, 0.5) is 0 Å². The molecule has 1 unspecified atom stereocenters. The highest BCUT2D eigenvalue weighted by Crippen LogP contribution is 2.22. The van der Waals surface area contributed by atoms with E-state index in [0.29, 0.717) is 13.0 Å². The molecule has 0 amide bonds. The van der Waals surface area contributed by atoms with E-state index in [2.05, 4.69) is 0 Å². The second kappa shape index (κ2) is 7.84. The zero-order chi connectivity index (χ0) is 13.4. The third-order valence-corrected chi connectivity index (χ3v) is 2.80. The molecule has 4 nitrogen and oxygen atoms in total. The van der Waals surface area contributed by atoms with Crippen molar-refractivity contribution in [3.05, 3.63) is 35.9 Å². The molecule has 0 fully saturated rings. The van der Waals surface area contributed by atoms with Crippen molar-refractivity contribution in [2.75, 3.05) is 26.8 Å². The van der Waals surface area contributed by atoms with Gasteiger partial charge in [0.2, 0.25) is 0 Å². The maximum absolute atomic E-state index is 11.5. The van der Waals surface area contributed by atoms with Crippen molar-refractivity contribution in [1.82, 2.24) is 4.90 Å². The first-order chi connectivity index (χ1) is 8.69. The lowest BCUT2D eigenvalue weighted by Gasteiger charge is -2.27. The summed E-state index contributed by atoms with van der Waals surface area (Å²) in [6.45, 7) is 2.50. The van der Waals surface area contributed by atoms with Gasteiger partial charge in [0.1, 0.15) is 0 Å². The van der Waals surface area contributed by atoms with Gasteiger partial charge in [-0.3, -0.25) is 9.69 Å². The fraction of sp³-hybridized carbons (Fsp3) is 0.500. The van der Waals surface area contributed by atoms with Crippen LogP contribution in [0.2, 0.25) is 0 Å². The van der Waals surface area contributed by atoms with Crippen LogP contribution >= 0.6 is 0 Å². The second-order valence-corrected chi connectivity index (χ2v) is 4.16. The molecule has 1 N–H and O–H groups in total. The van der Waals surface area contributed by atoms with Crippen molar-refractivity contribution >= 4 is 5.97 Å². The Balaban J connectivity index is 2.69. The fourth-order valence-corrected chi connectivity index (χ4v) is 1.96. The molecule has 1 atom stereocenters. The molecule has 0 aliphatic heterocycles. The lowest BCUT2D eigenvalue weighted by atomic mass is 10.0. The predicted molar refractivity (Wildman–Crippen MR) is 70.1 cm³/mol. The van der Waals surface area contributed by atoms with E-state index >= 15 is 0 Å². The predicted octanol–water partition coefficient (Wildman–Crippen LogP) is 1.61. The summed E-state index contributed by atoms with van der Waals surface area (Å²) < 4.78 is 4.93. The minimum absolute atomic E-state index is 0.0283. The number of esters is 1. The molecule has 0 heterocycles. The van der Waals surface area contributed by atoms with Gasteiger partial charge in [0.15, 0.2) is 0 Å². The van der Waals surface area contributed by atoms with Crippen LogP contribution in [-0.2, 0) is 9.53 Å². The minimum Gasteiger partial charge on any atom is -0.465 e. The Labute approximate surface area is 108 Å². The Morgan fingerprint density at radius 1 is 1.39 bits per heavy atom. The van der Waals surface area contributed by atoms with Gasteiger partial charge in [-0.1, -0.05) is 30.3 Å². The zero-order valence-electron chi connectivity index (χ0n) is 11.0. The summed E-state index contributed by atoms with van der Waals surface area (Å²) in [5.41, 5.74) is 1.10. The summed E-state index contributed by atoms with van der Waals surface area (Å²) in [5.74, 6) is -0.237. The molecular weight excluding hydrogens is 230 g/mol. The number of carbonyl (C=O) groups is 1. The van der Waals surface area contributed by atoms with Crippen LogP contribution in [0.15, 0.2) is 30.3 Å².